The normalized spacial score (nSPS) is 17.5. The molecule has 1 aliphatic rings. The van der Waals surface area contributed by atoms with Crippen molar-refractivity contribution in [2.45, 2.75) is 45.1 Å². The molecule has 0 spiro atoms. The molecule has 1 aromatic rings. The van der Waals surface area contributed by atoms with Crippen LogP contribution in [-0.4, -0.2) is 25.6 Å². The summed E-state index contributed by atoms with van der Waals surface area (Å²) in [6, 6.07) is 4.35. The molecule has 0 heterocycles. The average Bonchev–Trinajstić information content (AvgIpc) is 2.52. The second-order valence-corrected chi connectivity index (χ2v) is 5.49. The molecule has 1 fully saturated rings. The van der Waals surface area contributed by atoms with Crippen molar-refractivity contribution in [1.82, 2.24) is 0 Å². The minimum Gasteiger partial charge on any atom is -0.494 e. The Kier molecular flexibility index (Phi) is 5.74. The van der Waals surface area contributed by atoms with Gasteiger partial charge >= 0.3 is 0 Å². The van der Waals surface area contributed by atoms with E-state index < -0.39 is 11.9 Å². The van der Waals surface area contributed by atoms with Crippen LogP contribution in [0.2, 0.25) is 0 Å². The average molecular weight is 294 g/mol. The summed E-state index contributed by atoms with van der Waals surface area (Å²) in [5, 5.41) is 0. The molecular formula is C17H23FO3. The molecule has 0 amide bonds. The minimum absolute atomic E-state index is 0.120. The van der Waals surface area contributed by atoms with Crippen molar-refractivity contribution in [3.8, 4) is 5.75 Å². The smallest absolute Gasteiger partial charge is 0.191 e. The number of benzene rings is 1. The minimum atomic E-state index is -0.512. The number of methoxy groups -OCH3 is 1. The molecule has 0 bridgehead atoms. The van der Waals surface area contributed by atoms with Crippen molar-refractivity contribution in [3.63, 3.8) is 0 Å². The molecule has 0 radical (unpaired) electrons. The van der Waals surface area contributed by atoms with Gasteiger partial charge in [0.1, 0.15) is 6.10 Å². The van der Waals surface area contributed by atoms with E-state index in [4.69, 9.17) is 9.47 Å². The van der Waals surface area contributed by atoms with Gasteiger partial charge in [0, 0.05) is 12.2 Å². The quantitative estimate of drug-likeness (QED) is 0.744. The van der Waals surface area contributed by atoms with E-state index in [1.54, 1.807) is 6.07 Å². The summed E-state index contributed by atoms with van der Waals surface area (Å²) >= 11 is 0. The summed E-state index contributed by atoms with van der Waals surface area (Å²) in [4.78, 5) is 12.7. The van der Waals surface area contributed by atoms with E-state index in [2.05, 4.69) is 0 Å². The number of ether oxygens (including phenoxy) is 2. The van der Waals surface area contributed by atoms with Crippen LogP contribution in [0.5, 0.6) is 5.75 Å². The predicted molar refractivity (Wildman–Crippen MR) is 79.3 cm³/mol. The van der Waals surface area contributed by atoms with E-state index in [-0.39, 0.29) is 17.5 Å². The molecule has 0 N–H and O–H groups in total. The standard InChI is InChI=1S/C17H23FO3/c1-3-21-17(12-7-5-4-6-8-12)16(19)13-9-10-15(20-2)14(18)11-13/h9-12,17H,3-8H2,1-2H3. The van der Waals surface area contributed by atoms with E-state index in [9.17, 15) is 9.18 Å². The Bertz CT molecular complexity index is 481. The lowest BCUT2D eigenvalue weighted by atomic mass is 9.82. The van der Waals surface area contributed by atoms with E-state index in [1.807, 2.05) is 6.92 Å². The zero-order chi connectivity index (χ0) is 15.2. The number of carbonyl (C=O) groups excluding carboxylic acids is 1. The molecule has 116 valence electrons. The lowest BCUT2D eigenvalue weighted by Crippen LogP contribution is -2.34. The van der Waals surface area contributed by atoms with Crippen molar-refractivity contribution >= 4 is 5.78 Å². The van der Waals surface area contributed by atoms with Gasteiger partial charge in [0.25, 0.3) is 0 Å². The first kappa shape index (κ1) is 16.0. The molecule has 3 nitrogen and oxygen atoms in total. The van der Waals surface area contributed by atoms with Gasteiger partial charge in [-0.25, -0.2) is 4.39 Å². The van der Waals surface area contributed by atoms with Crippen molar-refractivity contribution in [2.24, 2.45) is 5.92 Å². The Morgan fingerprint density at radius 2 is 2.05 bits per heavy atom. The fourth-order valence-corrected chi connectivity index (χ4v) is 3.03. The van der Waals surface area contributed by atoms with Gasteiger partial charge in [-0.3, -0.25) is 4.79 Å². The largest absolute Gasteiger partial charge is 0.494 e. The van der Waals surface area contributed by atoms with Crippen molar-refractivity contribution in [1.29, 1.82) is 0 Å². The summed E-state index contributed by atoms with van der Waals surface area (Å²) in [5.41, 5.74) is 0.359. The number of rotatable bonds is 6. The Balaban J connectivity index is 2.19. The summed E-state index contributed by atoms with van der Waals surface area (Å²) in [7, 11) is 1.41. The van der Waals surface area contributed by atoms with Gasteiger partial charge in [0.2, 0.25) is 0 Å². The topological polar surface area (TPSA) is 35.5 Å². The number of hydrogen-bond donors (Lipinski definition) is 0. The molecule has 4 heteroatoms. The number of Topliss-reactive ketones (excluding diaryl/α,β-unsaturated/α-hetero) is 1. The first-order valence-corrected chi connectivity index (χ1v) is 7.66. The highest BCUT2D eigenvalue weighted by molar-refractivity contribution is 5.99. The third kappa shape index (κ3) is 3.82. The molecule has 2 rings (SSSR count). The molecule has 0 aromatic heterocycles. The lowest BCUT2D eigenvalue weighted by molar-refractivity contribution is 0.0126. The molecular weight excluding hydrogens is 271 g/mol. The van der Waals surface area contributed by atoms with E-state index in [1.165, 1.54) is 25.7 Å². The SMILES string of the molecule is CCOC(C(=O)c1ccc(OC)c(F)c1)C1CCCCC1. The summed E-state index contributed by atoms with van der Waals surface area (Å²) in [6.07, 6.45) is 5.06. The van der Waals surface area contributed by atoms with Crippen LogP contribution in [0.15, 0.2) is 18.2 Å². The van der Waals surface area contributed by atoms with Crippen LogP contribution >= 0.6 is 0 Å². The number of ketones is 1. The Morgan fingerprint density at radius 3 is 2.62 bits per heavy atom. The van der Waals surface area contributed by atoms with Crippen molar-refractivity contribution in [3.05, 3.63) is 29.6 Å². The molecule has 1 atom stereocenters. The number of hydrogen-bond acceptors (Lipinski definition) is 3. The second-order valence-electron chi connectivity index (χ2n) is 5.49. The predicted octanol–water partition coefficient (Wildman–Crippen LogP) is 4.00. The van der Waals surface area contributed by atoms with Crippen LogP contribution in [0.1, 0.15) is 49.4 Å². The van der Waals surface area contributed by atoms with Crippen LogP contribution in [0, 0.1) is 11.7 Å². The summed E-state index contributed by atoms with van der Waals surface area (Å²) in [5.74, 6) is -0.235. The maximum absolute atomic E-state index is 13.8. The summed E-state index contributed by atoms with van der Waals surface area (Å²) in [6.45, 7) is 2.38. The number of halogens is 1. The number of carbonyl (C=O) groups is 1. The van der Waals surface area contributed by atoms with E-state index >= 15 is 0 Å². The van der Waals surface area contributed by atoms with Gasteiger partial charge in [0.15, 0.2) is 17.3 Å². The van der Waals surface area contributed by atoms with Crippen LogP contribution in [-0.2, 0) is 4.74 Å². The highest BCUT2D eigenvalue weighted by Crippen LogP contribution is 2.30. The maximum atomic E-state index is 13.8. The third-order valence-corrected chi connectivity index (χ3v) is 4.12. The molecule has 1 unspecified atom stereocenters. The molecule has 0 saturated heterocycles. The second kappa shape index (κ2) is 7.55. The first-order valence-electron chi connectivity index (χ1n) is 7.66. The molecule has 1 saturated carbocycles. The molecule has 0 aliphatic heterocycles. The Hall–Kier alpha value is -1.42. The Labute approximate surface area is 125 Å². The third-order valence-electron chi connectivity index (χ3n) is 4.12. The maximum Gasteiger partial charge on any atom is 0.191 e. The van der Waals surface area contributed by atoms with Gasteiger partial charge < -0.3 is 9.47 Å². The zero-order valence-electron chi connectivity index (χ0n) is 12.7. The highest BCUT2D eigenvalue weighted by Gasteiger charge is 2.31. The van der Waals surface area contributed by atoms with Crippen molar-refractivity contribution < 1.29 is 18.7 Å². The van der Waals surface area contributed by atoms with Crippen LogP contribution < -0.4 is 4.74 Å². The Morgan fingerprint density at radius 1 is 1.33 bits per heavy atom. The fourth-order valence-electron chi connectivity index (χ4n) is 3.03. The van der Waals surface area contributed by atoms with E-state index in [0.717, 1.165) is 25.7 Å². The zero-order valence-corrected chi connectivity index (χ0v) is 12.7. The van der Waals surface area contributed by atoms with Crippen LogP contribution in [0.3, 0.4) is 0 Å². The molecule has 1 aromatic carbocycles. The first-order chi connectivity index (χ1) is 10.2. The van der Waals surface area contributed by atoms with Gasteiger partial charge in [-0.15, -0.1) is 0 Å². The van der Waals surface area contributed by atoms with Crippen LogP contribution in [0.25, 0.3) is 0 Å². The van der Waals surface area contributed by atoms with Gasteiger partial charge in [-0.1, -0.05) is 19.3 Å². The fraction of sp³-hybridized carbons (Fsp3) is 0.588. The summed E-state index contributed by atoms with van der Waals surface area (Å²) < 4.78 is 24.4. The molecule has 21 heavy (non-hydrogen) atoms. The van der Waals surface area contributed by atoms with Crippen molar-refractivity contribution in [2.75, 3.05) is 13.7 Å². The highest BCUT2D eigenvalue weighted by atomic mass is 19.1. The lowest BCUT2D eigenvalue weighted by Gasteiger charge is -2.29. The monoisotopic (exact) mass is 294 g/mol. The van der Waals surface area contributed by atoms with Crippen LogP contribution in [0.4, 0.5) is 4.39 Å². The molecule has 1 aliphatic carbocycles. The van der Waals surface area contributed by atoms with Gasteiger partial charge in [-0.2, -0.15) is 0 Å². The van der Waals surface area contributed by atoms with E-state index in [0.29, 0.717) is 12.2 Å². The van der Waals surface area contributed by atoms with Gasteiger partial charge in [-0.05, 0) is 43.9 Å². The van der Waals surface area contributed by atoms with Gasteiger partial charge in [0.05, 0.1) is 7.11 Å².